The van der Waals surface area contributed by atoms with Crippen LogP contribution < -0.4 is 10.6 Å². The van der Waals surface area contributed by atoms with Crippen LogP contribution in [0.2, 0.25) is 0 Å². The topological polar surface area (TPSA) is 105 Å². The summed E-state index contributed by atoms with van der Waals surface area (Å²) in [5.41, 5.74) is 0.645. The number of fused-ring (bicyclic) bond motifs is 1. The molecule has 13 heteroatoms. The van der Waals surface area contributed by atoms with Gasteiger partial charge >= 0.3 is 12.3 Å². The Bertz CT molecular complexity index is 1740. The van der Waals surface area contributed by atoms with Gasteiger partial charge in [0.15, 0.2) is 5.82 Å². The fraction of sp³-hybridized carbons (Fsp3) is 0.394. The molecule has 0 radical (unpaired) electrons. The molecule has 1 aliphatic rings. The van der Waals surface area contributed by atoms with E-state index in [2.05, 4.69) is 25.6 Å². The number of aromatic nitrogens is 3. The maximum atomic E-state index is 14.0. The average Bonchev–Trinajstić information content (AvgIpc) is 3.32. The van der Waals surface area contributed by atoms with Gasteiger partial charge < -0.3 is 15.0 Å². The lowest BCUT2D eigenvalue weighted by molar-refractivity contribution is -0.138. The van der Waals surface area contributed by atoms with Gasteiger partial charge in [0.25, 0.3) is 0 Å². The van der Waals surface area contributed by atoms with Crippen LogP contribution in [0.1, 0.15) is 37.5 Å². The van der Waals surface area contributed by atoms with Gasteiger partial charge in [-0.1, -0.05) is 24.3 Å². The van der Waals surface area contributed by atoms with Gasteiger partial charge in [-0.05, 0) is 62.5 Å². The Morgan fingerprint density at radius 1 is 0.891 bits per heavy atom. The third-order valence-corrected chi connectivity index (χ3v) is 7.63. The quantitative estimate of drug-likeness (QED) is 0.259. The van der Waals surface area contributed by atoms with Crippen molar-refractivity contribution in [3.05, 3.63) is 71.4 Å². The summed E-state index contributed by atoms with van der Waals surface area (Å²) in [7, 11) is 3.73. The van der Waals surface area contributed by atoms with Gasteiger partial charge in [0.05, 0.1) is 17.7 Å². The number of alkyl halides is 3. The zero-order chi connectivity index (χ0) is 33.2. The summed E-state index contributed by atoms with van der Waals surface area (Å²) in [4.78, 5) is 33.5. The molecule has 3 heterocycles. The minimum Gasteiger partial charge on any atom is -0.444 e. The number of amides is 2. The molecule has 2 aromatic carbocycles. The van der Waals surface area contributed by atoms with Gasteiger partial charge in [-0.15, -0.1) is 0 Å². The van der Waals surface area contributed by atoms with Crippen molar-refractivity contribution < 1.29 is 27.5 Å². The number of aryl methyl sites for hydroxylation is 1. The van der Waals surface area contributed by atoms with Gasteiger partial charge in [-0.25, -0.2) is 9.78 Å². The first-order valence-corrected chi connectivity index (χ1v) is 15.0. The standard InChI is InChI=1S/C33H38F3N7O3/c1-32(2,3)46-31(45)39-28-17-22-8-9-23(16-25(22)19-37-28)27-18-29(40-42(27)5)38-30(44)15-21-6-7-24(26(14-21)33(34,35)36)20-43-12-10-41(4)11-13-43/h6-9,14,16-19H,10-13,15,20H2,1-5H3,(H,37,39,45)(H,38,40,44). The number of halogens is 3. The number of rotatable bonds is 7. The number of carbonyl (C=O) groups is 2. The number of nitrogens with zero attached hydrogens (tertiary/aromatic N) is 5. The van der Waals surface area contributed by atoms with E-state index < -0.39 is 29.3 Å². The summed E-state index contributed by atoms with van der Waals surface area (Å²) in [5, 5.41) is 11.4. The zero-order valence-electron chi connectivity index (χ0n) is 26.5. The third kappa shape index (κ3) is 8.40. The van der Waals surface area contributed by atoms with Crippen LogP contribution in [0.4, 0.5) is 29.6 Å². The van der Waals surface area contributed by atoms with Crippen molar-refractivity contribution in [1.82, 2.24) is 24.6 Å². The lowest BCUT2D eigenvalue weighted by Crippen LogP contribution is -2.44. The number of benzene rings is 2. The molecular weight excluding hydrogens is 599 g/mol. The highest BCUT2D eigenvalue weighted by atomic mass is 19.4. The number of hydrogen-bond acceptors (Lipinski definition) is 7. The fourth-order valence-corrected chi connectivity index (χ4v) is 5.33. The molecule has 46 heavy (non-hydrogen) atoms. The Morgan fingerprint density at radius 3 is 2.33 bits per heavy atom. The Hall–Kier alpha value is -4.49. The summed E-state index contributed by atoms with van der Waals surface area (Å²) < 4.78 is 48.9. The number of likely N-dealkylation sites (N-methyl/N-ethyl adjacent to an activating group) is 1. The van der Waals surface area contributed by atoms with Crippen molar-refractivity contribution in [2.75, 3.05) is 43.9 Å². The highest BCUT2D eigenvalue weighted by Crippen LogP contribution is 2.34. The molecule has 0 aliphatic carbocycles. The second-order valence-electron chi connectivity index (χ2n) is 12.6. The van der Waals surface area contributed by atoms with Crippen LogP contribution in [0.25, 0.3) is 22.0 Å². The van der Waals surface area contributed by atoms with Gasteiger partial charge in [0.2, 0.25) is 5.91 Å². The summed E-state index contributed by atoms with van der Waals surface area (Å²) in [6.07, 6.45) is -3.73. The van der Waals surface area contributed by atoms with Crippen molar-refractivity contribution in [1.29, 1.82) is 0 Å². The number of pyridine rings is 1. The molecule has 1 aliphatic heterocycles. The van der Waals surface area contributed by atoms with E-state index >= 15 is 0 Å². The lowest BCUT2D eigenvalue weighted by Gasteiger charge is -2.33. The van der Waals surface area contributed by atoms with Gasteiger partial charge in [-0.2, -0.15) is 18.3 Å². The van der Waals surface area contributed by atoms with Gasteiger partial charge in [0, 0.05) is 63.0 Å². The van der Waals surface area contributed by atoms with Crippen molar-refractivity contribution in [2.45, 2.75) is 45.5 Å². The Labute approximate surface area is 265 Å². The fourth-order valence-electron chi connectivity index (χ4n) is 5.33. The summed E-state index contributed by atoms with van der Waals surface area (Å²) in [5.74, 6) is 0.157. The van der Waals surface area contributed by atoms with Crippen molar-refractivity contribution >= 4 is 34.4 Å². The second-order valence-corrected chi connectivity index (χ2v) is 12.6. The van der Waals surface area contributed by atoms with Crippen LogP contribution in [-0.4, -0.2) is 75.4 Å². The number of nitrogens with one attached hydrogen (secondary N) is 2. The molecule has 10 nitrogen and oxygen atoms in total. The molecule has 0 saturated carbocycles. The third-order valence-electron chi connectivity index (χ3n) is 7.63. The molecule has 1 fully saturated rings. The van der Waals surface area contributed by atoms with E-state index in [-0.39, 0.29) is 29.9 Å². The second kappa shape index (κ2) is 13.1. The number of ether oxygens (including phenoxy) is 1. The SMILES string of the molecule is CN1CCN(Cc2ccc(CC(=O)Nc3cc(-c4ccc5cc(NC(=O)OC(C)(C)C)ncc5c4)n(C)n3)cc2C(F)(F)F)CC1. The van der Waals surface area contributed by atoms with E-state index in [1.165, 1.54) is 6.07 Å². The van der Waals surface area contributed by atoms with E-state index in [9.17, 15) is 22.8 Å². The van der Waals surface area contributed by atoms with E-state index in [0.717, 1.165) is 35.5 Å². The van der Waals surface area contributed by atoms with E-state index in [0.29, 0.717) is 24.6 Å². The molecule has 5 rings (SSSR count). The number of hydrogen-bond donors (Lipinski definition) is 2. The first kappa shape index (κ1) is 32.9. The summed E-state index contributed by atoms with van der Waals surface area (Å²) >= 11 is 0. The van der Waals surface area contributed by atoms with E-state index in [1.807, 2.05) is 30.1 Å². The monoisotopic (exact) mass is 637 g/mol. The molecule has 2 aromatic heterocycles. The zero-order valence-corrected chi connectivity index (χ0v) is 26.5. The van der Waals surface area contributed by atoms with Crippen molar-refractivity contribution in [2.24, 2.45) is 7.05 Å². The lowest BCUT2D eigenvalue weighted by atomic mass is 10.0. The van der Waals surface area contributed by atoms with Crippen LogP contribution in [-0.2, 0) is 35.7 Å². The molecule has 0 atom stereocenters. The summed E-state index contributed by atoms with van der Waals surface area (Å²) in [6, 6.07) is 13.2. The predicted octanol–water partition coefficient (Wildman–Crippen LogP) is 5.93. The molecule has 4 aromatic rings. The van der Waals surface area contributed by atoms with Crippen molar-refractivity contribution in [3.63, 3.8) is 0 Å². The maximum absolute atomic E-state index is 14.0. The molecule has 244 valence electrons. The molecule has 2 amide bonds. The average molecular weight is 638 g/mol. The first-order valence-electron chi connectivity index (χ1n) is 15.0. The highest BCUT2D eigenvalue weighted by molar-refractivity contribution is 5.93. The smallest absolute Gasteiger partial charge is 0.416 e. The van der Waals surface area contributed by atoms with E-state index in [1.54, 1.807) is 56.9 Å². The van der Waals surface area contributed by atoms with Crippen LogP contribution in [0.3, 0.4) is 0 Å². The van der Waals surface area contributed by atoms with Gasteiger partial charge in [-0.3, -0.25) is 19.7 Å². The van der Waals surface area contributed by atoms with Gasteiger partial charge in [0.1, 0.15) is 11.4 Å². The van der Waals surface area contributed by atoms with Crippen molar-refractivity contribution in [3.8, 4) is 11.3 Å². The normalized spacial score (nSPS) is 14.8. The van der Waals surface area contributed by atoms with Crippen LogP contribution in [0, 0.1) is 0 Å². The van der Waals surface area contributed by atoms with E-state index in [4.69, 9.17) is 4.74 Å². The van der Waals surface area contributed by atoms with Crippen LogP contribution >= 0.6 is 0 Å². The molecule has 0 bridgehead atoms. The largest absolute Gasteiger partial charge is 0.444 e. The number of piperazine rings is 1. The number of carbonyl (C=O) groups excluding carboxylic acids is 2. The minimum atomic E-state index is -4.53. The first-order chi connectivity index (χ1) is 21.6. The molecular formula is C33H38F3N7O3. The number of anilines is 2. The van der Waals surface area contributed by atoms with Crippen LogP contribution in [0.5, 0.6) is 0 Å². The molecule has 0 unspecified atom stereocenters. The Kier molecular flexibility index (Phi) is 9.36. The highest BCUT2D eigenvalue weighted by Gasteiger charge is 2.34. The maximum Gasteiger partial charge on any atom is 0.416 e. The predicted molar refractivity (Wildman–Crippen MR) is 170 cm³/mol. The minimum absolute atomic E-state index is 0.205. The Morgan fingerprint density at radius 2 is 1.63 bits per heavy atom. The Balaban J connectivity index is 1.25. The molecule has 1 saturated heterocycles. The summed E-state index contributed by atoms with van der Waals surface area (Å²) in [6.45, 7) is 8.56. The molecule has 2 N–H and O–H groups in total. The van der Waals surface area contributed by atoms with Crippen LogP contribution in [0.15, 0.2) is 54.7 Å². The molecule has 0 spiro atoms.